The Morgan fingerprint density at radius 1 is 1.32 bits per heavy atom. The van der Waals surface area contributed by atoms with E-state index in [1.165, 1.54) is 0 Å². The predicted molar refractivity (Wildman–Crippen MR) is 135 cm³/mol. The van der Waals surface area contributed by atoms with Gasteiger partial charge in [0.15, 0.2) is 0 Å². The number of alkyl halides is 3. The fourth-order valence-corrected chi connectivity index (χ4v) is 5.55. The summed E-state index contributed by atoms with van der Waals surface area (Å²) >= 11 is 3.32. The molecule has 1 atom stereocenters. The molecule has 2 aliphatic rings. The van der Waals surface area contributed by atoms with Gasteiger partial charge in [0.25, 0.3) is 0 Å². The Hall–Kier alpha value is -1.91. The molecule has 0 saturated heterocycles. The van der Waals surface area contributed by atoms with E-state index in [9.17, 15) is 21.6 Å². The van der Waals surface area contributed by atoms with Gasteiger partial charge in [-0.3, -0.25) is 4.99 Å². The molecule has 1 saturated carbocycles. The van der Waals surface area contributed by atoms with Crippen LogP contribution in [0.2, 0.25) is 0 Å². The number of fused-ring (bicyclic) bond motifs is 1. The molecular formula is C24H29BrF3N3O2S. The largest absolute Gasteiger partial charge is 0.511 e. The highest BCUT2D eigenvalue weighted by Gasteiger charge is 2.51. The number of rotatable bonds is 9. The van der Waals surface area contributed by atoms with E-state index in [0.29, 0.717) is 32.9 Å². The third-order valence-corrected chi connectivity index (χ3v) is 7.76. The third-order valence-electron chi connectivity index (χ3n) is 5.99. The van der Waals surface area contributed by atoms with E-state index in [1.807, 2.05) is 23.1 Å². The molecule has 1 aliphatic heterocycles. The van der Waals surface area contributed by atoms with Crippen molar-refractivity contribution >= 4 is 37.9 Å². The molecule has 1 fully saturated rings. The van der Waals surface area contributed by atoms with E-state index in [-0.39, 0.29) is 25.6 Å². The molecule has 1 heterocycles. The van der Waals surface area contributed by atoms with Gasteiger partial charge in [0, 0.05) is 35.5 Å². The SMILES string of the molecule is C=CCCC1CN(S(=O)(=O)C(F)(F)F)Cc2c(C3CC3)cccc2N1C/C(=C/C(=C)Br)N=CC. The lowest BCUT2D eigenvalue weighted by Crippen LogP contribution is -2.47. The van der Waals surface area contributed by atoms with E-state index in [1.54, 1.807) is 25.3 Å². The summed E-state index contributed by atoms with van der Waals surface area (Å²) in [7, 11) is -5.51. The Balaban J connectivity index is 2.18. The minimum absolute atomic E-state index is 0.239. The van der Waals surface area contributed by atoms with Crippen molar-refractivity contribution in [2.24, 2.45) is 4.99 Å². The monoisotopic (exact) mass is 559 g/mol. The maximum absolute atomic E-state index is 13.6. The molecule has 1 aliphatic carbocycles. The number of nitrogens with zero attached hydrogens (tertiary/aromatic N) is 3. The highest BCUT2D eigenvalue weighted by atomic mass is 79.9. The molecule has 34 heavy (non-hydrogen) atoms. The maximum atomic E-state index is 13.6. The summed E-state index contributed by atoms with van der Waals surface area (Å²) in [5.41, 5.74) is -2.41. The topological polar surface area (TPSA) is 53.0 Å². The molecule has 1 aromatic rings. The van der Waals surface area contributed by atoms with Crippen molar-refractivity contribution in [3.63, 3.8) is 0 Å². The van der Waals surface area contributed by atoms with E-state index in [2.05, 4.69) is 34.1 Å². The van der Waals surface area contributed by atoms with Gasteiger partial charge in [-0.05, 0) is 61.8 Å². The second kappa shape index (κ2) is 10.8. The number of allylic oxidation sites excluding steroid dienone is 3. The first-order chi connectivity index (χ1) is 16.0. The zero-order chi connectivity index (χ0) is 25.1. The molecule has 0 N–H and O–H groups in total. The molecule has 5 nitrogen and oxygen atoms in total. The summed E-state index contributed by atoms with van der Waals surface area (Å²) in [5.74, 6) is 0.239. The van der Waals surface area contributed by atoms with Gasteiger partial charge in [0.05, 0.1) is 12.2 Å². The van der Waals surface area contributed by atoms with Crippen molar-refractivity contribution in [3.8, 4) is 0 Å². The van der Waals surface area contributed by atoms with Crippen LogP contribution < -0.4 is 4.90 Å². The van der Waals surface area contributed by atoms with Gasteiger partial charge in [0.1, 0.15) is 0 Å². The molecule has 186 valence electrons. The summed E-state index contributed by atoms with van der Waals surface area (Å²) in [6.07, 6.45) is 7.94. The van der Waals surface area contributed by atoms with Crippen molar-refractivity contribution in [2.75, 3.05) is 18.0 Å². The van der Waals surface area contributed by atoms with Crippen molar-refractivity contribution in [1.82, 2.24) is 4.31 Å². The molecule has 10 heteroatoms. The Morgan fingerprint density at radius 2 is 2.03 bits per heavy atom. The van der Waals surface area contributed by atoms with Gasteiger partial charge in [0.2, 0.25) is 0 Å². The number of benzene rings is 1. The first-order valence-electron chi connectivity index (χ1n) is 11.1. The second-order valence-corrected chi connectivity index (χ2v) is 11.4. The molecule has 0 bridgehead atoms. The number of anilines is 1. The van der Waals surface area contributed by atoms with Crippen LogP contribution >= 0.6 is 15.9 Å². The third kappa shape index (κ3) is 6.01. The fraction of sp³-hybridized carbons (Fsp3) is 0.458. The molecule has 0 amide bonds. The summed E-state index contributed by atoms with van der Waals surface area (Å²) in [6.45, 7) is 9.05. The molecule has 3 rings (SSSR count). The van der Waals surface area contributed by atoms with E-state index in [0.717, 1.165) is 24.1 Å². The van der Waals surface area contributed by atoms with Crippen LogP contribution in [-0.2, 0) is 16.6 Å². The van der Waals surface area contributed by atoms with Gasteiger partial charge in [-0.25, -0.2) is 8.42 Å². The van der Waals surface area contributed by atoms with E-state index >= 15 is 0 Å². The Morgan fingerprint density at radius 3 is 2.59 bits per heavy atom. The summed E-state index contributed by atoms with van der Waals surface area (Å²) in [5, 5.41) is 0. The number of sulfonamides is 1. The average molecular weight is 560 g/mol. The highest BCUT2D eigenvalue weighted by Crippen LogP contribution is 2.46. The lowest BCUT2D eigenvalue weighted by atomic mass is 9.99. The van der Waals surface area contributed by atoms with Crippen LogP contribution in [0.25, 0.3) is 0 Å². The second-order valence-electron chi connectivity index (χ2n) is 8.48. The smallest absolute Gasteiger partial charge is 0.361 e. The van der Waals surface area contributed by atoms with Crippen LogP contribution in [0.15, 0.2) is 58.7 Å². The Labute approximate surface area is 207 Å². The molecule has 0 aromatic heterocycles. The summed E-state index contributed by atoms with van der Waals surface area (Å²) in [6, 6.07) is 5.15. The standard InChI is InChI=1S/C24H29BrF3N3O2S/c1-4-6-8-20-15-30(34(32,33)24(26,27)28)16-22-21(18-11-12-18)9-7-10-23(22)31(20)14-19(29-5-2)13-17(3)25/h4-5,7,9-10,13,18,20H,1,3,6,8,11-12,14-16H2,2H3/b19-13-,29-5?. The quantitative estimate of drug-likeness (QED) is 0.204. The first-order valence-corrected chi connectivity index (χ1v) is 13.3. The number of hydrogen-bond acceptors (Lipinski definition) is 4. The van der Waals surface area contributed by atoms with Crippen LogP contribution in [0.5, 0.6) is 0 Å². The number of aliphatic imine (C=N–C) groups is 1. The average Bonchev–Trinajstić information content (AvgIpc) is 3.59. The van der Waals surface area contributed by atoms with Gasteiger partial charge in [-0.2, -0.15) is 17.5 Å². The van der Waals surface area contributed by atoms with Gasteiger partial charge >= 0.3 is 15.5 Å². The lowest BCUT2D eigenvalue weighted by Gasteiger charge is -2.34. The van der Waals surface area contributed by atoms with Gasteiger partial charge < -0.3 is 4.90 Å². The predicted octanol–water partition coefficient (Wildman–Crippen LogP) is 6.25. The van der Waals surface area contributed by atoms with Crippen molar-refractivity contribution in [1.29, 1.82) is 0 Å². The molecule has 1 unspecified atom stereocenters. The minimum atomic E-state index is -5.51. The van der Waals surface area contributed by atoms with Crippen LogP contribution in [-0.4, -0.2) is 43.6 Å². The molecule has 1 aromatic carbocycles. The van der Waals surface area contributed by atoms with Gasteiger partial charge in [-0.15, -0.1) is 6.58 Å². The first kappa shape index (κ1) is 26.7. The zero-order valence-electron chi connectivity index (χ0n) is 19.1. The summed E-state index contributed by atoms with van der Waals surface area (Å²) < 4.78 is 67.2. The van der Waals surface area contributed by atoms with Crippen LogP contribution in [0.3, 0.4) is 0 Å². The maximum Gasteiger partial charge on any atom is 0.511 e. The zero-order valence-corrected chi connectivity index (χ0v) is 21.5. The van der Waals surface area contributed by atoms with Gasteiger partial charge in [-0.1, -0.05) is 40.7 Å². The Kier molecular flexibility index (Phi) is 8.47. The van der Waals surface area contributed by atoms with Crippen molar-refractivity contribution < 1.29 is 21.6 Å². The number of hydrogen-bond donors (Lipinski definition) is 0. The van der Waals surface area contributed by atoms with Crippen LogP contribution in [0, 0.1) is 0 Å². The van der Waals surface area contributed by atoms with Crippen LogP contribution in [0.1, 0.15) is 49.7 Å². The number of halogens is 4. The molecule has 0 spiro atoms. The molecular weight excluding hydrogens is 531 g/mol. The van der Waals surface area contributed by atoms with E-state index in [4.69, 9.17) is 0 Å². The Bertz CT molecular complexity index is 1100. The minimum Gasteiger partial charge on any atom is -0.361 e. The van der Waals surface area contributed by atoms with Crippen LogP contribution in [0.4, 0.5) is 18.9 Å². The fourth-order valence-electron chi connectivity index (χ4n) is 4.33. The van der Waals surface area contributed by atoms with Crippen molar-refractivity contribution in [2.45, 2.75) is 56.6 Å². The van der Waals surface area contributed by atoms with Crippen molar-refractivity contribution in [3.05, 3.63) is 64.8 Å². The molecule has 0 radical (unpaired) electrons. The summed E-state index contributed by atoms with van der Waals surface area (Å²) in [4.78, 5) is 6.42. The highest BCUT2D eigenvalue weighted by molar-refractivity contribution is 9.11. The lowest BCUT2D eigenvalue weighted by molar-refractivity contribution is -0.0492. The normalized spacial score (nSPS) is 20.3. The van der Waals surface area contributed by atoms with E-state index < -0.39 is 21.6 Å².